The van der Waals surface area contributed by atoms with Crippen LogP contribution in [0.4, 0.5) is 0 Å². The molecule has 0 atom stereocenters. The number of rotatable bonds is 4. The molecule has 1 aromatic rings. The maximum atomic E-state index is 12.5. The van der Waals surface area contributed by atoms with Crippen molar-refractivity contribution >= 4 is 10.0 Å². The van der Waals surface area contributed by atoms with E-state index in [1.54, 1.807) is 22.6 Å². The summed E-state index contributed by atoms with van der Waals surface area (Å²) in [6.45, 7) is 6.11. The van der Waals surface area contributed by atoms with Gasteiger partial charge in [0.25, 0.3) is 0 Å². The van der Waals surface area contributed by atoms with Crippen LogP contribution in [-0.4, -0.2) is 68.4 Å². The molecule has 2 fully saturated rings. The fraction of sp³-hybridized carbons (Fsp3) is 0.667. The van der Waals surface area contributed by atoms with Crippen LogP contribution in [0.15, 0.2) is 29.4 Å². The first-order valence-corrected chi connectivity index (χ1v) is 9.43. The summed E-state index contributed by atoms with van der Waals surface area (Å²) in [5.41, 5.74) is 0. The zero-order chi connectivity index (χ0) is 15.4. The lowest BCUT2D eigenvalue weighted by Crippen LogP contribution is -2.50. The highest BCUT2D eigenvalue weighted by molar-refractivity contribution is 7.89. The van der Waals surface area contributed by atoms with E-state index >= 15 is 0 Å². The van der Waals surface area contributed by atoms with Gasteiger partial charge in [-0.1, -0.05) is 0 Å². The van der Waals surface area contributed by atoms with E-state index in [1.165, 1.54) is 19.0 Å². The Hall–Kier alpha value is -1.02. The molecule has 1 aromatic heterocycles. The van der Waals surface area contributed by atoms with Crippen molar-refractivity contribution in [3.8, 4) is 0 Å². The van der Waals surface area contributed by atoms with Crippen LogP contribution in [0.5, 0.6) is 0 Å². The van der Waals surface area contributed by atoms with Gasteiger partial charge in [-0.2, -0.15) is 4.31 Å². The van der Waals surface area contributed by atoms with Crippen molar-refractivity contribution in [2.45, 2.75) is 17.7 Å². The third-order valence-electron chi connectivity index (χ3n) is 4.58. The fourth-order valence-corrected chi connectivity index (χ4v) is 4.62. The van der Waals surface area contributed by atoms with Gasteiger partial charge in [-0.25, -0.2) is 8.42 Å². The lowest BCUT2D eigenvalue weighted by atomic mass is 9.97. The van der Waals surface area contributed by atoms with E-state index in [1.807, 2.05) is 0 Å². The second-order valence-electron chi connectivity index (χ2n) is 6.09. The van der Waals surface area contributed by atoms with Crippen LogP contribution in [0, 0.1) is 5.92 Å². The second kappa shape index (κ2) is 7.04. The predicted octanol–water partition coefficient (Wildman–Crippen LogP) is 0.388. The molecule has 1 N–H and O–H groups in total. The van der Waals surface area contributed by atoms with E-state index in [0.717, 1.165) is 38.6 Å². The van der Waals surface area contributed by atoms with E-state index in [0.29, 0.717) is 18.0 Å². The topological polar surface area (TPSA) is 65.5 Å². The van der Waals surface area contributed by atoms with Crippen LogP contribution in [0.1, 0.15) is 12.8 Å². The minimum atomic E-state index is -3.38. The van der Waals surface area contributed by atoms with E-state index in [2.05, 4.69) is 15.2 Å². The summed E-state index contributed by atoms with van der Waals surface area (Å²) in [7, 11) is -3.38. The van der Waals surface area contributed by atoms with Gasteiger partial charge in [0.1, 0.15) is 4.90 Å². The highest BCUT2D eigenvalue weighted by atomic mass is 32.2. The molecule has 2 aliphatic heterocycles. The number of sulfonamides is 1. The minimum Gasteiger partial charge on any atom is -0.317 e. The van der Waals surface area contributed by atoms with Crippen molar-refractivity contribution in [2.24, 2.45) is 5.92 Å². The Morgan fingerprint density at radius 2 is 1.91 bits per heavy atom. The molecule has 3 rings (SSSR count). The minimum absolute atomic E-state index is 0.293. The van der Waals surface area contributed by atoms with Gasteiger partial charge in [-0.05, 0) is 44.0 Å². The number of hydrogen-bond acceptors (Lipinski definition) is 5. The zero-order valence-electron chi connectivity index (χ0n) is 12.8. The first-order valence-electron chi connectivity index (χ1n) is 7.99. The Kier molecular flexibility index (Phi) is 5.07. The Morgan fingerprint density at radius 3 is 2.55 bits per heavy atom. The molecule has 0 radical (unpaired) electrons. The average molecular weight is 324 g/mol. The van der Waals surface area contributed by atoms with E-state index in [4.69, 9.17) is 0 Å². The largest absolute Gasteiger partial charge is 0.317 e. The molecule has 122 valence electrons. The van der Waals surface area contributed by atoms with Gasteiger partial charge in [0.05, 0.1) is 0 Å². The molecule has 0 bridgehead atoms. The first kappa shape index (κ1) is 15.9. The highest BCUT2D eigenvalue weighted by Crippen LogP contribution is 2.19. The van der Waals surface area contributed by atoms with Crippen LogP contribution in [0.25, 0.3) is 0 Å². The van der Waals surface area contributed by atoms with E-state index < -0.39 is 10.0 Å². The Morgan fingerprint density at radius 1 is 1.18 bits per heavy atom. The standard InChI is InChI=1S/C15H24N4O2S/c20-22(21,15-2-1-5-17-12-15)19-10-8-18(9-11-19)13-14-3-6-16-7-4-14/h1-2,5,12,14,16H,3-4,6-11,13H2. The number of aromatic nitrogens is 1. The molecule has 0 amide bonds. The summed E-state index contributed by atoms with van der Waals surface area (Å²) >= 11 is 0. The molecular formula is C15H24N4O2S. The van der Waals surface area contributed by atoms with Crippen molar-refractivity contribution in [3.05, 3.63) is 24.5 Å². The van der Waals surface area contributed by atoms with Crippen molar-refractivity contribution in [2.75, 3.05) is 45.8 Å². The third-order valence-corrected chi connectivity index (χ3v) is 6.46. The molecule has 0 unspecified atom stereocenters. The summed E-state index contributed by atoms with van der Waals surface area (Å²) in [5, 5.41) is 3.39. The van der Waals surface area contributed by atoms with Gasteiger partial charge in [0.15, 0.2) is 0 Å². The molecule has 7 heteroatoms. The molecule has 6 nitrogen and oxygen atoms in total. The molecule has 22 heavy (non-hydrogen) atoms. The molecule has 0 aromatic carbocycles. The number of piperidine rings is 1. The van der Waals surface area contributed by atoms with Gasteiger partial charge >= 0.3 is 0 Å². The monoisotopic (exact) mass is 324 g/mol. The van der Waals surface area contributed by atoms with Crippen molar-refractivity contribution in [1.82, 2.24) is 19.5 Å². The summed E-state index contributed by atoms with van der Waals surface area (Å²) in [6, 6.07) is 3.28. The normalized spacial score (nSPS) is 22.7. The number of pyridine rings is 1. The van der Waals surface area contributed by atoms with Crippen molar-refractivity contribution in [3.63, 3.8) is 0 Å². The molecule has 2 aliphatic rings. The quantitative estimate of drug-likeness (QED) is 0.868. The summed E-state index contributed by atoms with van der Waals surface area (Å²) < 4.78 is 26.7. The maximum absolute atomic E-state index is 12.5. The number of piperazine rings is 1. The molecule has 2 saturated heterocycles. The zero-order valence-corrected chi connectivity index (χ0v) is 13.6. The van der Waals surface area contributed by atoms with Crippen LogP contribution >= 0.6 is 0 Å². The summed E-state index contributed by atoms with van der Waals surface area (Å²) in [5.74, 6) is 0.753. The van der Waals surface area contributed by atoms with Gasteiger partial charge < -0.3 is 10.2 Å². The number of nitrogens with zero attached hydrogens (tertiary/aromatic N) is 3. The summed E-state index contributed by atoms with van der Waals surface area (Å²) in [4.78, 5) is 6.62. The molecule has 0 aliphatic carbocycles. The number of nitrogens with one attached hydrogen (secondary N) is 1. The van der Waals surface area contributed by atoms with Gasteiger partial charge in [0.2, 0.25) is 10.0 Å². The molecule has 3 heterocycles. The Bertz CT molecular complexity index is 564. The van der Waals surface area contributed by atoms with Crippen LogP contribution in [0.2, 0.25) is 0 Å². The van der Waals surface area contributed by atoms with Gasteiger partial charge in [-0.15, -0.1) is 0 Å². The summed E-state index contributed by atoms with van der Waals surface area (Å²) in [6.07, 6.45) is 5.48. The van der Waals surface area contributed by atoms with Crippen molar-refractivity contribution < 1.29 is 8.42 Å². The van der Waals surface area contributed by atoms with Crippen molar-refractivity contribution in [1.29, 1.82) is 0 Å². The van der Waals surface area contributed by atoms with E-state index in [-0.39, 0.29) is 0 Å². The number of hydrogen-bond donors (Lipinski definition) is 1. The lowest BCUT2D eigenvalue weighted by molar-refractivity contribution is 0.152. The SMILES string of the molecule is O=S(=O)(c1cccnc1)N1CCN(CC2CCNCC2)CC1. The van der Waals surface area contributed by atoms with Crippen LogP contribution in [-0.2, 0) is 10.0 Å². The second-order valence-corrected chi connectivity index (χ2v) is 8.02. The van der Waals surface area contributed by atoms with Gasteiger partial charge in [0, 0.05) is 45.1 Å². The lowest BCUT2D eigenvalue weighted by Gasteiger charge is -2.36. The predicted molar refractivity (Wildman–Crippen MR) is 85.0 cm³/mol. The smallest absolute Gasteiger partial charge is 0.244 e. The average Bonchev–Trinajstić information content (AvgIpc) is 2.57. The first-order chi connectivity index (χ1) is 10.7. The maximum Gasteiger partial charge on any atom is 0.244 e. The van der Waals surface area contributed by atoms with E-state index in [9.17, 15) is 8.42 Å². The Labute approximate surface area is 132 Å². The fourth-order valence-electron chi connectivity index (χ4n) is 3.23. The van der Waals surface area contributed by atoms with Crippen LogP contribution in [0.3, 0.4) is 0 Å². The molecule has 0 spiro atoms. The Balaban J connectivity index is 1.55. The van der Waals surface area contributed by atoms with Gasteiger partial charge in [-0.3, -0.25) is 4.98 Å². The third kappa shape index (κ3) is 3.65. The van der Waals surface area contributed by atoms with Crippen LogP contribution < -0.4 is 5.32 Å². The molecular weight excluding hydrogens is 300 g/mol. The highest BCUT2D eigenvalue weighted by Gasteiger charge is 2.29. The molecule has 0 saturated carbocycles.